The Kier molecular flexibility index (Phi) is 8.15. The maximum Gasteiger partial charge on any atom is 0.338 e. The second-order valence-electron chi connectivity index (χ2n) is 8.05. The van der Waals surface area contributed by atoms with Crippen molar-refractivity contribution in [3.8, 4) is 0 Å². The van der Waals surface area contributed by atoms with E-state index in [4.69, 9.17) is 0 Å². The van der Waals surface area contributed by atoms with Crippen molar-refractivity contribution in [2.45, 2.75) is 50.8 Å². The zero-order chi connectivity index (χ0) is 23.1. The molecule has 1 aliphatic rings. The summed E-state index contributed by atoms with van der Waals surface area (Å²) in [5, 5.41) is 13.1. The second-order valence-corrected chi connectivity index (χ2v) is 9.70. The van der Waals surface area contributed by atoms with Crippen LogP contribution in [-0.4, -0.2) is 50.6 Å². The molecular weight excluding hydrogens is 426 g/mol. The van der Waals surface area contributed by atoms with Gasteiger partial charge in [-0.05, 0) is 81.1 Å². The Morgan fingerprint density at radius 1 is 1.03 bits per heavy atom. The molecule has 7 nitrogen and oxygen atoms in total. The van der Waals surface area contributed by atoms with Crippen molar-refractivity contribution in [3.05, 3.63) is 53.1 Å². The molecule has 0 spiro atoms. The van der Waals surface area contributed by atoms with Gasteiger partial charge in [0.15, 0.2) is 0 Å². The highest BCUT2D eigenvalue weighted by Gasteiger charge is 2.25. The molecule has 0 unspecified atom stereocenters. The first-order valence-electron chi connectivity index (χ1n) is 11.3. The number of hydrogen-bond donors (Lipinski definition) is 3. The summed E-state index contributed by atoms with van der Waals surface area (Å²) < 4.78 is 29.0. The summed E-state index contributed by atoms with van der Waals surface area (Å²) in [5.74, 6) is -1.11. The molecule has 32 heavy (non-hydrogen) atoms. The van der Waals surface area contributed by atoms with Crippen LogP contribution in [-0.2, 0) is 22.9 Å². The lowest BCUT2D eigenvalue weighted by Gasteiger charge is -2.21. The Hall–Kier alpha value is -2.58. The fraction of sp³-hybridized carbons (Fsp3) is 0.458. The van der Waals surface area contributed by atoms with Gasteiger partial charge in [0.1, 0.15) is 4.90 Å². The minimum absolute atomic E-state index is 0.0652. The van der Waals surface area contributed by atoms with Gasteiger partial charge in [-0.2, -0.15) is 0 Å². The zero-order valence-electron chi connectivity index (χ0n) is 18.9. The van der Waals surface area contributed by atoms with E-state index in [2.05, 4.69) is 28.8 Å². The van der Waals surface area contributed by atoms with Gasteiger partial charge in [-0.25, -0.2) is 13.2 Å². The molecule has 0 heterocycles. The van der Waals surface area contributed by atoms with Crippen molar-refractivity contribution in [1.82, 2.24) is 4.90 Å². The van der Waals surface area contributed by atoms with E-state index in [0.717, 1.165) is 56.4 Å². The fourth-order valence-corrected chi connectivity index (χ4v) is 5.53. The van der Waals surface area contributed by atoms with Crippen LogP contribution in [0.1, 0.15) is 54.6 Å². The van der Waals surface area contributed by atoms with Gasteiger partial charge < -0.3 is 15.3 Å². The molecule has 0 aliphatic heterocycles. The third-order valence-corrected chi connectivity index (χ3v) is 7.45. The number of aryl methyl sites for hydroxylation is 1. The number of para-hydroxylation sites is 1. The lowest BCUT2D eigenvalue weighted by atomic mass is 9.87. The van der Waals surface area contributed by atoms with Crippen LogP contribution in [0.3, 0.4) is 0 Å². The first kappa shape index (κ1) is 24.1. The summed E-state index contributed by atoms with van der Waals surface area (Å²) in [6.45, 7) is 7.79. The van der Waals surface area contributed by atoms with Crippen LogP contribution in [0, 0.1) is 0 Å². The summed E-state index contributed by atoms with van der Waals surface area (Å²) in [6.07, 6.45) is 4.28. The lowest BCUT2D eigenvalue weighted by molar-refractivity contribution is 0.0696. The van der Waals surface area contributed by atoms with Gasteiger partial charge in [0, 0.05) is 6.54 Å². The molecule has 0 saturated carbocycles. The number of nitrogens with one attached hydrogen (secondary N) is 2. The predicted molar refractivity (Wildman–Crippen MR) is 128 cm³/mol. The monoisotopic (exact) mass is 459 g/mol. The number of carboxylic acids is 1. The molecule has 0 saturated heterocycles. The quantitative estimate of drug-likeness (QED) is 0.436. The smallest absolute Gasteiger partial charge is 0.338 e. The highest BCUT2D eigenvalue weighted by Crippen LogP contribution is 2.32. The maximum atomic E-state index is 13.2. The number of rotatable bonds is 11. The lowest BCUT2D eigenvalue weighted by Crippen LogP contribution is -2.25. The summed E-state index contributed by atoms with van der Waals surface area (Å²) in [6, 6.07) is 10.1. The van der Waals surface area contributed by atoms with E-state index in [9.17, 15) is 18.3 Å². The van der Waals surface area contributed by atoms with Crippen molar-refractivity contribution in [1.29, 1.82) is 0 Å². The van der Waals surface area contributed by atoms with Crippen LogP contribution in [0.5, 0.6) is 0 Å². The first-order chi connectivity index (χ1) is 15.4. The molecule has 0 bridgehead atoms. The van der Waals surface area contributed by atoms with Crippen molar-refractivity contribution < 1.29 is 18.3 Å². The Morgan fingerprint density at radius 3 is 2.47 bits per heavy atom. The Morgan fingerprint density at radius 2 is 1.75 bits per heavy atom. The number of nitrogens with zero attached hydrogens (tertiary/aromatic N) is 1. The van der Waals surface area contributed by atoms with E-state index in [1.54, 1.807) is 24.3 Å². The molecule has 0 amide bonds. The SMILES string of the molecule is CCN(CC)CCCNc1ccccc1S(=O)(=O)Nc1ccc2c(c1C(=O)O)CCCC2. The van der Waals surface area contributed by atoms with Crippen molar-refractivity contribution in [2.24, 2.45) is 0 Å². The molecule has 0 aromatic heterocycles. The van der Waals surface area contributed by atoms with Gasteiger partial charge in [0.2, 0.25) is 0 Å². The average Bonchev–Trinajstić information content (AvgIpc) is 2.78. The van der Waals surface area contributed by atoms with E-state index < -0.39 is 16.0 Å². The highest BCUT2D eigenvalue weighted by atomic mass is 32.2. The summed E-state index contributed by atoms with van der Waals surface area (Å²) in [4.78, 5) is 14.4. The largest absolute Gasteiger partial charge is 0.478 e. The molecule has 174 valence electrons. The average molecular weight is 460 g/mol. The van der Waals surface area contributed by atoms with E-state index >= 15 is 0 Å². The van der Waals surface area contributed by atoms with Gasteiger partial charge >= 0.3 is 5.97 Å². The van der Waals surface area contributed by atoms with Crippen LogP contribution in [0.25, 0.3) is 0 Å². The molecule has 8 heteroatoms. The summed E-state index contributed by atoms with van der Waals surface area (Å²) in [7, 11) is -3.98. The van der Waals surface area contributed by atoms with Crippen LogP contribution >= 0.6 is 0 Å². The number of sulfonamides is 1. The van der Waals surface area contributed by atoms with E-state index in [1.165, 1.54) is 6.07 Å². The molecule has 0 atom stereocenters. The molecule has 2 aromatic carbocycles. The topological polar surface area (TPSA) is 98.7 Å². The van der Waals surface area contributed by atoms with Gasteiger partial charge in [-0.3, -0.25) is 4.72 Å². The van der Waals surface area contributed by atoms with Crippen LogP contribution in [0.4, 0.5) is 11.4 Å². The highest BCUT2D eigenvalue weighted by molar-refractivity contribution is 7.92. The fourth-order valence-electron chi connectivity index (χ4n) is 4.27. The normalized spacial score (nSPS) is 13.6. The van der Waals surface area contributed by atoms with E-state index in [1.807, 2.05) is 6.07 Å². The number of aromatic carboxylic acids is 1. The van der Waals surface area contributed by atoms with Gasteiger partial charge in [0.25, 0.3) is 10.0 Å². The van der Waals surface area contributed by atoms with Crippen molar-refractivity contribution >= 4 is 27.4 Å². The zero-order valence-corrected chi connectivity index (χ0v) is 19.7. The Bertz CT molecular complexity index is 1050. The number of anilines is 2. The van der Waals surface area contributed by atoms with E-state index in [0.29, 0.717) is 18.7 Å². The minimum atomic E-state index is -3.98. The molecule has 3 N–H and O–H groups in total. The summed E-state index contributed by atoms with van der Waals surface area (Å²) in [5.41, 5.74) is 2.43. The predicted octanol–water partition coefficient (Wildman–Crippen LogP) is 4.21. The van der Waals surface area contributed by atoms with Gasteiger partial charge in [0.05, 0.1) is 16.9 Å². The Labute approximate surface area is 190 Å². The summed E-state index contributed by atoms with van der Waals surface area (Å²) >= 11 is 0. The maximum absolute atomic E-state index is 13.2. The molecule has 1 aliphatic carbocycles. The van der Waals surface area contributed by atoms with Crippen molar-refractivity contribution in [3.63, 3.8) is 0 Å². The van der Waals surface area contributed by atoms with Gasteiger partial charge in [-0.15, -0.1) is 0 Å². The first-order valence-corrected chi connectivity index (χ1v) is 12.8. The number of carboxylic acid groups (broad SMARTS) is 1. The van der Waals surface area contributed by atoms with Crippen molar-refractivity contribution in [2.75, 3.05) is 36.2 Å². The van der Waals surface area contributed by atoms with E-state index in [-0.39, 0.29) is 16.1 Å². The molecule has 0 fully saturated rings. The standard InChI is InChI=1S/C24H33N3O4S/c1-3-27(4-2)17-9-16-25-20-12-7-8-13-22(20)32(30,31)26-21-15-14-18-10-5-6-11-19(18)23(21)24(28)29/h7-8,12-15,25-26H,3-6,9-11,16-17H2,1-2H3,(H,28,29). The van der Waals surface area contributed by atoms with Gasteiger partial charge in [-0.1, -0.05) is 32.0 Å². The van der Waals surface area contributed by atoms with Crippen LogP contribution in [0.15, 0.2) is 41.3 Å². The number of hydrogen-bond acceptors (Lipinski definition) is 5. The third kappa shape index (κ3) is 5.61. The molecule has 0 radical (unpaired) electrons. The van der Waals surface area contributed by atoms with Crippen LogP contribution in [0.2, 0.25) is 0 Å². The molecule has 2 aromatic rings. The Balaban J connectivity index is 1.82. The third-order valence-electron chi connectivity index (χ3n) is 6.03. The minimum Gasteiger partial charge on any atom is -0.478 e. The number of fused-ring (bicyclic) bond motifs is 1. The molecular formula is C24H33N3O4S. The number of carbonyl (C=O) groups is 1. The molecule has 3 rings (SSSR count). The van der Waals surface area contributed by atoms with Crippen LogP contribution < -0.4 is 10.0 Å². The number of benzene rings is 2. The second kappa shape index (κ2) is 10.8.